The van der Waals surface area contributed by atoms with Crippen molar-refractivity contribution in [2.75, 3.05) is 0 Å². The molecule has 0 bridgehead atoms. The molecule has 0 spiro atoms. The molecular weight excluding hydrogens is 388 g/mol. The summed E-state index contributed by atoms with van der Waals surface area (Å²) in [7, 11) is -2.90. The average Bonchev–Trinajstić information content (AvgIpc) is 2.89. The van der Waals surface area contributed by atoms with Crippen LogP contribution in [0.1, 0.15) is 71.6 Å². The summed E-state index contributed by atoms with van der Waals surface area (Å²) in [4.78, 5) is 0. The van der Waals surface area contributed by atoms with Crippen LogP contribution in [0.5, 0.6) is 0 Å². The van der Waals surface area contributed by atoms with E-state index in [1.165, 1.54) is 57.8 Å². The Balaban J connectivity index is 1.49. The van der Waals surface area contributed by atoms with Gasteiger partial charge in [0.15, 0.2) is 16.6 Å². The van der Waals surface area contributed by atoms with Gasteiger partial charge >= 0.3 is 0 Å². The monoisotopic (exact) mass is 436 g/mol. The van der Waals surface area contributed by atoms with Crippen molar-refractivity contribution in [3.63, 3.8) is 0 Å². The first-order chi connectivity index (χ1) is 13.3. The predicted octanol–water partition coefficient (Wildman–Crippen LogP) is 7.47. The van der Waals surface area contributed by atoms with Gasteiger partial charge in [0.1, 0.15) is 0 Å². The van der Waals surface area contributed by atoms with E-state index < -0.39 is 16.6 Å². The first-order valence-electron chi connectivity index (χ1n) is 12.7. The van der Waals surface area contributed by atoms with Crippen LogP contribution in [0.3, 0.4) is 0 Å². The third kappa shape index (κ3) is 4.21. The van der Waals surface area contributed by atoms with E-state index in [9.17, 15) is 0 Å². The van der Waals surface area contributed by atoms with Gasteiger partial charge in [-0.05, 0) is 132 Å². The van der Waals surface area contributed by atoms with E-state index in [2.05, 4.69) is 53.1 Å². The summed E-state index contributed by atoms with van der Waals surface area (Å²) in [6.45, 7) is 19.5. The van der Waals surface area contributed by atoms with Crippen LogP contribution in [-0.2, 0) is 8.85 Å². The van der Waals surface area contributed by atoms with Gasteiger partial charge in [-0.25, -0.2) is 0 Å². The van der Waals surface area contributed by atoms with Gasteiger partial charge in [-0.3, -0.25) is 0 Å². The highest BCUT2D eigenvalue weighted by atomic mass is 28.4. The Morgan fingerprint density at radius 1 is 0.655 bits per heavy atom. The molecule has 8 atom stereocenters. The summed E-state index contributed by atoms with van der Waals surface area (Å²) in [5.74, 6) is 3.73. The first kappa shape index (κ1) is 22.5. The Morgan fingerprint density at radius 3 is 1.93 bits per heavy atom. The lowest BCUT2D eigenvalue weighted by atomic mass is 9.45. The van der Waals surface area contributed by atoms with Crippen LogP contribution in [0, 0.1) is 34.5 Å². The summed E-state index contributed by atoms with van der Waals surface area (Å²) in [6, 6.07) is 0. The maximum atomic E-state index is 6.77. The van der Waals surface area contributed by atoms with Crippen molar-refractivity contribution in [3.8, 4) is 0 Å². The van der Waals surface area contributed by atoms with Crippen LogP contribution in [0.15, 0.2) is 0 Å². The lowest BCUT2D eigenvalue weighted by molar-refractivity contribution is -0.130. The minimum absolute atomic E-state index is 0.447. The second-order valence-corrected chi connectivity index (χ2v) is 22.5. The van der Waals surface area contributed by atoms with Crippen LogP contribution in [0.2, 0.25) is 39.3 Å². The topological polar surface area (TPSA) is 18.5 Å². The highest BCUT2D eigenvalue weighted by Gasteiger charge is 2.60. The second kappa shape index (κ2) is 7.45. The van der Waals surface area contributed by atoms with Gasteiger partial charge in [-0.2, -0.15) is 0 Å². The maximum Gasteiger partial charge on any atom is 0.184 e. The van der Waals surface area contributed by atoms with Crippen molar-refractivity contribution in [3.05, 3.63) is 0 Å². The molecule has 4 heteroatoms. The Morgan fingerprint density at radius 2 is 1.28 bits per heavy atom. The van der Waals surface area contributed by atoms with E-state index in [4.69, 9.17) is 8.85 Å². The highest BCUT2D eigenvalue weighted by Crippen LogP contribution is 2.66. The fourth-order valence-electron chi connectivity index (χ4n) is 8.40. The Kier molecular flexibility index (Phi) is 5.79. The lowest BCUT2D eigenvalue weighted by Crippen LogP contribution is -2.55. The van der Waals surface area contributed by atoms with E-state index in [0.29, 0.717) is 23.0 Å². The SMILES string of the molecule is CC12CC[C@@H](O[Si](C)(C)C)C[C@H]1CCC1C2CCC2(C)C1CC[C@H]2O[Si](C)(C)C. The van der Waals surface area contributed by atoms with E-state index in [-0.39, 0.29) is 0 Å². The molecule has 0 N–H and O–H groups in total. The fraction of sp³-hybridized carbons (Fsp3) is 1.00. The van der Waals surface area contributed by atoms with E-state index in [1.807, 2.05) is 0 Å². The zero-order chi connectivity index (χ0) is 21.2. The summed E-state index contributed by atoms with van der Waals surface area (Å²) in [6.07, 6.45) is 13.7. The van der Waals surface area contributed by atoms with Gasteiger partial charge in [0.05, 0.1) is 6.10 Å². The van der Waals surface area contributed by atoms with Gasteiger partial charge in [0.2, 0.25) is 0 Å². The van der Waals surface area contributed by atoms with Crippen LogP contribution in [0.4, 0.5) is 0 Å². The average molecular weight is 437 g/mol. The van der Waals surface area contributed by atoms with Gasteiger partial charge in [-0.15, -0.1) is 0 Å². The third-order valence-corrected chi connectivity index (χ3v) is 11.6. The van der Waals surface area contributed by atoms with Crippen molar-refractivity contribution in [2.45, 2.75) is 123 Å². The van der Waals surface area contributed by atoms with Crippen LogP contribution >= 0.6 is 0 Å². The minimum Gasteiger partial charge on any atom is -0.415 e. The maximum absolute atomic E-state index is 6.77. The van der Waals surface area contributed by atoms with E-state index in [1.54, 1.807) is 0 Å². The predicted molar refractivity (Wildman–Crippen MR) is 128 cm³/mol. The number of hydrogen-bond acceptors (Lipinski definition) is 2. The standard InChI is InChI=1S/C25H48O2Si2/c1-24-15-13-19(26-28(3,4)5)17-18(24)9-10-20-21-11-12-23(27-29(6,7)8)25(21,2)16-14-22(20)24/h18-23H,9-17H2,1-8H3/t18-,19-,20?,21?,22?,23-,24?,25?/m1/s1. The van der Waals surface area contributed by atoms with Gasteiger partial charge < -0.3 is 8.85 Å². The molecule has 0 aliphatic heterocycles. The molecule has 4 saturated carbocycles. The van der Waals surface area contributed by atoms with Crippen molar-refractivity contribution in [1.29, 1.82) is 0 Å². The molecular formula is C25H48O2Si2. The van der Waals surface area contributed by atoms with Crippen LogP contribution < -0.4 is 0 Å². The minimum atomic E-state index is -1.47. The molecule has 0 aromatic carbocycles. The molecule has 0 saturated heterocycles. The zero-order valence-electron chi connectivity index (χ0n) is 20.6. The van der Waals surface area contributed by atoms with Crippen molar-refractivity contribution < 1.29 is 8.85 Å². The molecule has 0 amide bonds. The molecule has 4 aliphatic rings. The van der Waals surface area contributed by atoms with Gasteiger partial charge in [0.25, 0.3) is 0 Å². The molecule has 5 unspecified atom stereocenters. The fourth-order valence-corrected chi connectivity index (χ4v) is 10.9. The van der Waals surface area contributed by atoms with Gasteiger partial charge in [-0.1, -0.05) is 13.8 Å². The number of hydrogen-bond donors (Lipinski definition) is 0. The Labute approximate surface area is 183 Å². The summed E-state index contributed by atoms with van der Waals surface area (Å²) in [5.41, 5.74) is 1.02. The Hall–Kier alpha value is 0.354. The van der Waals surface area contributed by atoms with Crippen molar-refractivity contribution >= 4 is 16.6 Å². The summed E-state index contributed by atoms with van der Waals surface area (Å²) >= 11 is 0. The van der Waals surface area contributed by atoms with Crippen molar-refractivity contribution in [2.24, 2.45) is 34.5 Å². The number of rotatable bonds is 4. The summed E-state index contributed by atoms with van der Waals surface area (Å²) < 4.78 is 13.3. The normalized spacial score (nSPS) is 48.0. The molecule has 0 aromatic rings. The highest BCUT2D eigenvalue weighted by molar-refractivity contribution is 6.70. The quantitative estimate of drug-likeness (QED) is 0.425. The second-order valence-electron chi connectivity index (χ2n) is 13.6. The lowest BCUT2D eigenvalue weighted by Gasteiger charge is -2.61. The molecule has 4 fully saturated rings. The molecule has 4 aliphatic carbocycles. The van der Waals surface area contributed by atoms with E-state index in [0.717, 1.165) is 23.7 Å². The zero-order valence-corrected chi connectivity index (χ0v) is 22.6. The molecule has 0 heterocycles. The Bertz CT molecular complexity index is 609. The molecule has 0 radical (unpaired) electrons. The first-order valence-corrected chi connectivity index (χ1v) is 19.5. The third-order valence-electron chi connectivity index (χ3n) is 9.55. The largest absolute Gasteiger partial charge is 0.415 e. The van der Waals surface area contributed by atoms with Gasteiger partial charge in [0, 0.05) is 6.10 Å². The molecule has 2 nitrogen and oxygen atoms in total. The van der Waals surface area contributed by atoms with Crippen molar-refractivity contribution in [1.82, 2.24) is 0 Å². The van der Waals surface area contributed by atoms with E-state index >= 15 is 0 Å². The summed E-state index contributed by atoms with van der Waals surface area (Å²) in [5, 5.41) is 0. The smallest absolute Gasteiger partial charge is 0.184 e. The van der Waals surface area contributed by atoms with Crippen LogP contribution in [-0.4, -0.2) is 28.8 Å². The molecule has 29 heavy (non-hydrogen) atoms. The molecule has 0 aromatic heterocycles. The number of fused-ring (bicyclic) bond motifs is 5. The molecule has 168 valence electrons. The van der Waals surface area contributed by atoms with Crippen LogP contribution in [0.25, 0.3) is 0 Å². The molecule has 4 rings (SSSR count).